The second-order valence-electron chi connectivity index (χ2n) is 9.68. The molecule has 0 aliphatic heterocycles. The van der Waals surface area contributed by atoms with E-state index < -0.39 is 0 Å². The van der Waals surface area contributed by atoms with E-state index in [0.717, 1.165) is 50.0 Å². The molecule has 1 atom stereocenters. The number of nitrogens with zero attached hydrogens (tertiary/aromatic N) is 3. The molecule has 0 amide bonds. The van der Waals surface area contributed by atoms with Crippen LogP contribution in [-0.2, 0) is 13.1 Å². The van der Waals surface area contributed by atoms with E-state index in [1.807, 2.05) is 54.9 Å². The molecule has 1 N–H and O–H groups in total. The largest absolute Gasteiger partial charge is 0.307 e. The van der Waals surface area contributed by atoms with Crippen molar-refractivity contribution in [2.24, 2.45) is 0 Å². The Labute approximate surface area is 243 Å². The summed E-state index contributed by atoms with van der Waals surface area (Å²) in [5.41, 5.74) is 8.56. The van der Waals surface area contributed by atoms with Crippen molar-refractivity contribution in [1.82, 2.24) is 20.3 Å². The van der Waals surface area contributed by atoms with Gasteiger partial charge >= 0.3 is 0 Å². The maximum Gasteiger partial charge on any atom is 0.0712 e. The molecule has 3 heterocycles. The maximum absolute atomic E-state index is 6.44. The Kier molecular flexibility index (Phi) is 7.83. The molecule has 3 aromatic carbocycles. The molecule has 0 saturated carbocycles. The van der Waals surface area contributed by atoms with Gasteiger partial charge in [-0.3, -0.25) is 15.0 Å². The monoisotopic (exact) mass is 560 g/mol. The summed E-state index contributed by atoms with van der Waals surface area (Å²) < 4.78 is 0. The SMILES string of the molecule is Clc1ccc(C(c2cccnc2)c2ccc3nc(CNCc4cccnc4)cc(-c4cccc(Cl)c4)c3c2)cc1. The number of hydrogen-bond donors (Lipinski definition) is 1. The minimum absolute atomic E-state index is 0.0107. The predicted molar refractivity (Wildman–Crippen MR) is 164 cm³/mol. The van der Waals surface area contributed by atoms with Gasteiger partial charge in [0.2, 0.25) is 0 Å². The molecule has 6 heteroatoms. The first-order chi connectivity index (χ1) is 19.6. The van der Waals surface area contributed by atoms with Crippen LogP contribution in [0.5, 0.6) is 0 Å². The van der Waals surface area contributed by atoms with Crippen molar-refractivity contribution in [3.05, 3.63) is 160 Å². The van der Waals surface area contributed by atoms with Gasteiger partial charge in [0.25, 0.3) is 0 Å². The Morgan fingerprint density at radius 3 is 2.20 bits per heavy atom. The quantitative estimate of drug-likeness (QED) is 0.203. The second kappa shape index (κ2) is 12.0. The van der Waals surface area contributed by atoms with Gasteiger partial charge in [0, 0.05) is 59.2 Å². The third kappa shape index (κ3) is 5.90. The number of aromatic nitrogens is 3. The fourth-order valence-electron chi connectivity index (χ4n) is 5.08. The second-order valence-corrected chi connectivity index (χ2v) is 10.6. The van der Waals surface area contributed by atoms with Crippen LogP contribution in [0.25, 0.3) is 22.0 Å². The Bertz CT molecular complexity index is 1740. The fraction of sp³-hybridized carbons (Fsp3) is 0.0882. The number of hydrogen-bond acceptors (Lipinski definition) is 4. The van der Waals surface area contributed by atoms with Crippen LogP contribution in [0.15, 0.2) is 122 Å². The van der Waals surface area contributed by atoms with Crippen LogP contribution < -0.4 is 5.32 Å². The maximum atomic E-state index is 6.44. The van der Waals surface area contributed by atoms with E-state index in [4.69, 9.17) is 28.2 Å². The van der Waals surface area contributed by atoms with Gasteiger partial charge in [-0.25, -0.2) is 0 Å². The highest BCUT2D eigenvalue weighted by atomic mass is 35.5. The Hall–Kier alpha value is -4.09. The van der Waals surface area contributed by atoms with E-state index >= 15 is 0 Å². The van der Waals surface area contributed by atoms with Crippen LogP contribution in [0.3, 0.4) is 0 Å². The Balaban J connectivity index is 1.44. The highest BCUT2D eigenvalue weighted by Gasteiger charge is 2.19. The first-order valence-electron chi connectivity index (χ1n) is 13.1. The molecule has 0 bridgehead atoms. The lowest BCUT2D eigenvalue weighted by Crippen LogP contribution is -2.14. The minimum Gasteiger partial charge on any atom is -0.307 e. The van der Waals surface area contributed by atoms with E-state index in [9.17, 15) is 0 Å². The van der Waals surface area contributed by atoms with Gasteiger partial charge in [-0.1, -0.05) is 65.7 Å². The molecule has 196 valence electrons. The van der Waals surface area contributed by atoms with E-state index in [1.54, 1.807) is 12.4 Å². The number of pyridine rings is 3. The molecule has 0 spiro atoms. The molecule has 0 radical (unpaired) electrons. The van der Waals surface area contributed by atoms with Gasteiger partial charge in [-0.15, -0.1) is 0 Å². The predicted octanol–water partition coefficient (Wildman–Crippen LogP) is 8.47. The zero-order valence-corrected chi connectivity index (χ0v) is 23.1. The topological polar surface area (TPSA) is 50.7 Å². The smallest absolute Gasteiger partial charge is 0.0712 e. The fourth-order valence-corrected chi connectivity index (χ4v) is 5.40. The van der Waals surface area contributed by atoms with Gasteiger partial charge in [-0.2, -0.15) is 0 Å². The van der Waals surface area contributed by atoms with Crippen molar-refractivity contribution in [1.29, 1.82) is 0 Å². The molecule has 6 aromatic rings. The van der Waals surface area contributed by atoms with Crippen molar-refractivity contribution in [2.75, 3.05) is 0 Å². The molecular formula is C34H26Cl2N4. The molecule has 3 aromatic heterocycles. The van der Waals surface area contributed by atoms with E-state index in [2.05, 4.69) is 69.9 Å². The van der Waals surface area contributed by atoms with Gasteiger partial charge in [0.15, 0.2) is 0 Å². The average molecular weight is 562 g/mol. The first kappa shape index (κ1) is 26.1. The van der Waals surface area contributed by atoms with Crippen LogP contribution in [0.2, 0.25) is 10.0 Å². The van der Waals surface area contributed by atoms with Crippen LogP contribution in [0.1, 0.15) is 33.9 Å². The van der Waals surface area contributed by atoms with Crippen LogP contribution >= 0.6 is 23.2 Å². The van der Waals surface area contributed by atoms with Crippen molar-refractivity contribution in [2.45, 2.75) is 19.0 Å². The van der Waals surface area contributed by atoms with E-state index in [-0.39, 0.29) is 5.92 Å². The van der Waals surface area contributed by atoms with Crippen LogP contribution in [0, 0.1) is 0 Å². The van der Waals surface area contributed by atoms with Crippen molar-refractivity contribution >= 4 is 34.1 Å². The zero-order chi connectivity index (χ0) is 27.3. The summed E-state index contributed by atoms with van der Waals surface area (Å²) >= 11 is 12.7. The number of rotatable bonds is 8. The third-order valence-corrected chi connectivity index (χ3v) is 7.42. The van der Waals surface area contributed by atoms with Crippen LogP contribution in [-0.4, -0.2) is 15.0 Å². The van der Waals surface area contributed by atoms with Gasteiger partial charge in [-0.05, 0) is 88.0 Å². The lowest BCUT2D eigenvalue weighted by Gasteiger charge is -2.20. The van der Waals surface area contributed by atoms with E-state index in [1.165, 1.54) is 0 Å². The highest BCUT2D eigenvalue weighted by molar-refractivity contribution is 6.31. The number of fused-ring (bicyclic) bond motifs is 1. The lowest BCUT2D eigenvalue weighted by atomic mass is 9.85. The van der Waals surface area contributed by atoms with Gasteiger partial charge < -0.3 is 5.32 Å². The summed E-state index contributed by atoms with van der Waals surface area (Å²) in [7, 11) is 0. The number of halogens is 2. The van der Waals surface area contributed by atoms with Crippen molar-refractivity contribution in [3.63, 3.8) is 0 Å². The molecule has 1 unspecified atom stereocenters. The van der Waals surface area contributed by atoms with E-state index in [0.29, 0.717) is 23.1 Å². The first-order valence-corrected chi connectivity index (χ1v) is 13.8. The summed E-state index contributed by atoms with van der Waals surface area (Å²) in [6.45, 7) is 1.34. The summed E-state index contributed by atoms with van der Waals surface area (Å²) in [6.07, 6.45) is 7.38. The Morgan fingerprint density at radius 1 is 0.650 bits per heavy atom. The van der Waals surface area contributed by atoms with Crippen LogP contribution in [0.4, 0.5) is 0 Å². The molecule has 6 rings (SSSR count). The average Bonchev–Trinajstić information content (AvgIpc) is 2.99. The van der Waals surface area contributed by atoms with Crippen molar-refractivity contribution < 1.29 is 0 Å². The van der Waals surface area contributed by atoms with Gasteiger partial charge in [0.1, 0.15) is 0 Å². The summed E-state index contributed by atoms with van der Waals surface area (Å²) in [4.78, 5) is 13.6. The molecule has 0 fully saturated rings. The number of benzene rings is 3. The summed E-state index contributed by atoms with van der Waals surface area (Å²) in [6, 6.07) is 32.8. The molecular weight excluding hydrogens is 535 g/mol. The lowest BCUT2D eigenvalue weighted by molar-refractivity contribution is 0.680. The molecule has 0 saturated heterocycles. The normalized spacial score (nSPS) is 11.9. The third-order valence-electron chi connectivity index (χ3n) is 6.93. The summed E-state index contributed by atoms with van der Waals surface area (Å²) in [5.74, 6) is -0.0107. The molecule has 40 heavy (non-hydrogen) atoms. The standard InChI is InChI=1S/C34H26Cl2N4/c35-28-11-8-24(9-12-28)34(27-6-3-15-38-21-27)26-10-13-33-32(17-26)31(25-5-1-7-29(36)16-25)18-30(40-33)22-39-20-23-4-2-14-37-19-23/h1-19,21,34,39H,20,22H2. The van der Waals surface area contributed by atoms with Crippen molar-refractivity contribution in [3.8, 4) is 11.1 Å². The molecule has 4 nitrogen and oxygen atoms in total. The zero-order valence-electron chi connectivity index (χ0n) is 21.6. The molecule has 0 aliphatic carbocycles. The Morgan fingerprint density at radius 2 is 1.45 bits per heavy atom. The van der Waals surface area contributed by atoms with Gasteiger partial charge in [0.05, 0.1) is 11.2 Å². The summed E-state index contributed by atoms with van der Waals surface area (Å²) in [5, 5.41) is 5.98. The minimum atomic E-state index is -0.0107. The number of nitrogens with one attached hydrogen (secondary N) is 1. The highest BCUT2D eigenvalue weighted by Crippen LogP contribution is 2.37. The molecule has 0 aliphatic rings.